The Hall–Kier alpha value is -0.310. The van der Waals surface area contributed by atoms with Crippen molar-refractivity contribution in [3.05, 3.63) is 0 Å². The maximum Gasteiger partial charge on any atom is 0.108 e. The van der Waals surface area contributed by atoms with E-state index in [9.17, 15) is 0 Å². The average molecular weight is 144 g/mol. The van der Waals surface area contributed by atoms with Crippen LogP contribution in [0.4, 0.5) is 0 Å². The molecule has 0 fully saturated rings. The first-order valence-corrected chi connectivity index (χ1v) is 4.08. The predicted octanol–water partition coefficient (Wildman–Crippen LogP) is 1.81. The van der Waals surface area contributed by atoms with Gasteiger partial charge in [-0.25, -0.2) is 0 Å². The molecule has 0 aliphatic heterocycles. The Labute approximate surface area is 60.3 Å². The Morgan fingerprint density at radius 1 is 1.67 bits per heavy atom. The maximum atomic E-state index is 7.28. The highest BCUT2D eigenvalue weighted by Gasteiger charge is 1.95. The summed E-state index contributed by atoms with van der Waals surface area (Å²) in [6, 6.07) is 0. The van der Waals surface area contributed by atoms with Gasteiger partial charge in [-0.05, 0) is 20.1 Å². The highest BCUT2D eigenvalue weighted by atomic mass is 32.2. The quantitative estimate of drug-likeness (QED) is 0.465. The van der Waals surface area contributed by atoms with E-state index in [0.29, 0.717) is 5.04 Å². The van der Waals surface area contributed by atoms with Crippen molar-refractivity contribution in [3.8, 4) is 0 Å². The van der Waals surface area contributed by atoms with Crippen molar-refractivity contribution >= 4 is 22.5 Å². The van der Waals surface area contributed by atoms with Gasteiger partial charge in [-0.2, -0.15) is 0 Å². The summed E-state index contributed by atoms with van der Waals surface area (Å²) < 4.78 is 0. The molecule has 9 heavy (non-hydrogen) atoms. The van der Waals surface area contributed by atoms with E-state index >= 15 is 0 Å². The standard InChI is InChI=1S/C6H12N2S/c1-4-8-5(2)6(7)9-3/h7H,4H2,1-3H3. The molecule has 0 saturated heterocycles. The summed E-state index contributed by atoms with van der Waals surface area (Å²) in [6.07, 6.45) is 1.89. The largest absolute Gasteiger partial charge is 0.292 e. The molecule has 0 rings (SSSR count). The van der Waals surface area contributed by atoms with Crippen molar-refractivity contribution in [2.24, 2.45) is 4.99 Å². The molecule has 0 heterocycles. The second kappa shape index (κ2) is 4.56. The van der Waals surface area contributed by atoms with Crippen LogP contribution in [-0.2, 0) is 0 Å². The van der Waals surface area contributed by atoms with Gasteiger partial charge >= 0.3 is 0 Å². The number of thioether (sulfide) groups is 1. The minimum absolute atomic E-state index is 0.567. The van der Waals surface area contributed by atoms with Gasteiger partial charge < -0.3 is 0 Å². The lowest BCUT2D eigenvalue weighted by Crippen LogP contribution is -2.03. The van der Waals surface area contributed by atoms with Gasteiger partial charge in [0.15, 0.2) is 0 Å². The van der Waals surface area contributed by atoms with Crippen LogP contribution in [0.25, 0.3) is 0 Å². The van der Waals surface area contributed by atoms with Gasteiger partial charge in [-0.15, -0.1) is 11.8 Å². The van der Waals surface area contributed by atoms with Gasteiger partial charge in [0.2, 0.25) is 0 Å². The van der Waals surface area contributed by atoms with Crippen molar-refractivity contribution in [3.63, 3.8) is 0 Å². The molecule has 0 aliphatic carbocycles. The van der Waals surface area contributed by atoms with E-state index in [1.807, 2.05) is 20.1 Å². The molecule has 1 N–H and O–H groups in total. The minimum atomic E-state index is 0.567. The smallest absolute Gasteiger partial charge is 0.108 e. The van der Waals surface area contributed by atoms with Crippen LogP contribution in [0.2, 0.25) is 0 Å². The third kappa shape index (κ3) is 3.30. The molecule has 0 unspecified atom stereocenters. The highest BCUT2D eigenvalue weighted by molar-refractivity contribution is 8.15. The van der Waals surface area contributed by atoms with E-state index in [4.69, 9.17) is 5.41 Å². The van der Waals surface area contributed by atoms with E-state index in [0.717, 1.165) is 12.3 Å². The van der Waals surface area contributed by atoms with E-state index in [-0.39, 0.29) is 0 Å². The highest BCUT2D eigenvalue weighted by Crippen LogP contribution is 1.96. The van der Waals surface area contributed by atoms with Crippen LogP contribution in [0, 0.1) is 5.41 Å². The fraction of sp³-hybridized carbons (Fsp3) is 0.667. The molecule has 3 heteroatoms. The first-order valence-electron chi connectivity index (χ1n) is 2.86. The van der Waals surface area contributed by atoms with Gasteiger partial charge in [-0.1, -0.05) is 0 Å². The fourth-order valence-corrected chi connectivity index (χ4v) is 0.817. The van der Waals surface area contributed by atoms with Crippen molar-refractivity contribution in [1.82, 2.24) is 0 Å². The van der Waals surface area contributed by atoms with Crippen molar-refractivity contribution < 1.29 is 0 Å². The number of aliphatic imine (C=N–C) groups is 1. The molecule has 0 atom stereocenters. The Kier molecular flexibility index (Phi) is 4.40. The van der Waals surface area contributed by atoms with E-state index in [2.05, 4.69) is 4.99 Å². The van der Waals surface area contributed by atoms with Gasteiger partial charge in [0.05, 0.1) is 5.71 Å². The lowest BCUT2D eigenvalue weighted by Gasteiger charge is -1.95. The fourth-order valence-electron chi connectivity index (χ4n) is 0.457. The molecule has 0 aromatic heterocycles. The average Bonchev–Trinajstić information content (AvgIpc) is 1.87. The van der Waals surface area contributed by atoms with Gasteiger partial charge in [-0.3, -0.25) is 10.4 Å². The SMILES string of the molecule is CCN=C(C)C(=N)SC. The second-order valence-electron chi connectivity index (χ2n) is 1.59. The molecule has 0 saturated carbocycles. The Morgan fingerprint density at radius 3 is 2.56 bits per heavy atom. The van der Waals surface area contributed by atoms with Crippen molar-refractivity contribution in [1.29, 1.82) is 5.41 Å². The third-order valence-corrected chi connectivity index (χ3v) is 1.63. The lowest BCUT2D eigenvalue weighted by molar-refractivity contribution is 1.13. The van der Waals surface area contributed by atoms with Crippen LogP contribution in [0.15, 0.2) is 4.99 Å². The first-order chi connectivity index (χ1) is 4.22. The van der Waals surface area contributed by atoms with E-state index < -0.39 is 0 Å². The summed E-state index contributed by atoms with van der Waals surface area (Å²) in [5.74, 6) is 0. The monoisotopic (exact) mass is 144 g/mol. The minimum Gasteiger partial charge on any atom is -0.292 e. The molecular weight excluding hydrogens is 132 g/mol. The van der Waals surface area contributed by atoms with E-state index in [1.165, 1.54) is 11.8 Å². The molecule has 2 nitrogen and oxygen atoms in total. The second-order valence-corrected chi connectivity index (χ2v) is 2.41. The topological polar surface area (TPSA) is 36.2 Å². The predicted molar refractivity (Wildman–Crippen MR) is 44.9 cm³/mol. The zero-order chi connectivity index (χ0) is 7.28. The molecule has 0 radical (unpaired) electrons. The Bertz CT molecular complexity index is 129. The normalized spacial score (nSPS) is 11.7. The van der Waals surface area contributed by atoms with Gasteiger partial charge in [0, 0.05) is 6.54 Å². The summed E-state index contributed by atoms with van der Waals surface area (Å²) in [5.41, 5.74) is 0.838. The molecule has 0 amide bonds. The summed E-state index contributed by atoms with van der Waals surface area (Å²) in [4.78, 5) is 4.07. The summed E-state index contributed by atoms with van der Waals surface area (Å²) in [5, 5.41) is 7.85. The first kappa shape index (κ1) is 8.69. The van der Waals surface area contributed by atoms with Gasteiger partial charge in [0.25, 0.3) is 0 Å². The zero-order valence-corrected chi connectivity index (χ0v) is 6.88. The van der Waals surface area contributed by atoms with Crippen LogP contribution < -0.4 is 0 Å². The summed E-state index contributed by atoms with van der Waals surface area (Å²) in [7, 11) is 0. The number of hydrogen-bond acceptors (Lipinski definition) is 3. The van der Waals surface area contributed by atoms with Gasteiger partial charge in [0.1, 0.15) is 5.04 Å². The van der Waals surface area contributed by atoms with Crippen molar-refractivity contribution in [2.75, 3.05) is 12.8 Å². The van der Waals surface area contributed by atoms with Crippen LogP contribution in [0.3, 0.4) is 0 Å². The summed E-state index contributed by atoms with van der Waals surface area (Å²) >= 11 is 1.43. The number of rotatable bonds is 2. The molecular formula is C6H12N2S. The number of nitrogens with one attached hydrogen (secondary N) is 1. The molecule has 0 bridgehead atoms. The molecule has 52 valence electrons. The molecule has 0 aliphatic rings. The molecule has 0 spiro atoms. The van der Waals surface area contributed by atoms with Crippen LogP contribution in [0.5, 0.6) is 0 Å². The lowest BCUT2D eigenvalue weighted by atomic mass is 10.4. The van der Waals surface area contributed by atoms with Crippen molar-refractivity contribution in [2.45, 2.75) is 13.8 Å². The summed E-state index contributed by atoms with van der Waals surface area (Å²) in [6.45, 7) is 4.61. The molecule has 0 aromatic carbocycles. The molecule has 0 aromatic rings. The third-order valence-electron chi connectivity index (χ3n) is 0.928. The zero-order valence-electron chi connectivity index (χ0n) is 6.06. The maximum absolute atomic E-state index is 7.28. The number of nitrogens with zero attached hydrogens (tertiary/aromatic N) is 1. The van der Waals surface area contributed by atoms with Crippen LogP contribution in [-0.4, -0.2) is 23.6 Å². The Morgan fingerprint density at radius 2 is 2.22 bits per heavy atom. The Balaban J connectivity index is 3.86. The van der Waals surface area contributed by atoms with Crippen LogP contribution >= 0.6 is 11.8 Å². The van der Waals surface area contributed by atoms with E-state index in [1.54, 1.807) is 0 Å². The number of hydrogen-bond donors (Lipinski definition) is 1. The van der Waals surface area contributed by atoms with Crippen LogP contribution in [0.1, 0.15) is 13.8 Å².